The highest BCUT2D eigenvalue weighted by Gasteiger charge is 2.43. The van der Waals surface area contributed by atoms with Gasteiger partial charge in [-0.1, -0.05) is 6.07 Å². The van der Waals surface area contributed by atoms with Gasteiger partial charge in [-0.15, -0.1) is 24.8 Å². The second-order valence-electron chi connectivity index (χ2n) is 4.67. The fourth-order valence-corrected chi connectivity index (χ4v) is 2.14. The van der Waals surface area contributed by atoms with Crippen molar-refractivity contribution in [1.82, 2.24) is 15.2 Å². The number of hydrogen-bond donors (Lipinski definition) is 1. The third-order valence-electron chi connectivity index (χ3n) is 3.18. The van der Waals surface area contributed by atoms with Gasteiger partial charge in [0.15, 0.2) is 0 Å². The van der Waals surface area contributed by atoms with E-state index in [1.807, 2.05) is 19.1 Å². The third-order valence-corrected chi connectivity index (χ3v) is 3.18. The van der Waals surface area contributed by atoms with E-state index >= 15 is 0 Å². The number of likely N-dealkylation sites (N-methyl/N-ethyl adjacent to an activating group) is 1. The summed E-state index contributed by atoms with van der Waals surface area (Å²) in [5, 5.41) is 2.59. The maximum atomic E-state index is 13.1. The van der Waals surface area contributed by atoms with Crippen LogP contribution in [-0.4, -0.2) is 40.8 Å². The van der Waals surface area contributed by atoms with Gasteiger partial charge in [0.25, 0.3) is 5.92 Å². The van der Waals surface area contributed by atoms with E-state index in [4.69, 9.17) is 0 Å². The number of hydrogen-bond acceptors (Lipinski definition) is 3. The maximum Gasteiger partial charge on any atom is 0.262 e. The van der Waals surface area contributed by atoms with E-state index in [2.05, 4.69) is 10.3 Å². The highest BCUT2D eigenvalue weighted by Crippen LogP contribution is 2.26. The smallest absolute Gasteiger partial charge is 0.262 e. The van der Waals surface area contributed by atoms with Crippen LogP contribution in [0.5, 0.6) is 0 Å². The predicted molar refractivity (Wildman–Crippen MR) is 81.2 cm³/mol. The number of halogens is 4. The molecule has 1 aromatic rings. The Morgan fingerprint density at radius 2 is 2.19 bits per heavy atom. The monoisotopic (exact) mass is 341 g/mol. The molecule has 1 atom stereocenters. The average molecular weight is 342 g/mol. The van der Waals surface area contributed by atoms with Crippen LogP contribution in [0.4, 0.5) is 8.78 Å². The van der Waals surface area contributed by atoms with E-state index < -0.39 is 24.9 Å². The van der Waals surface area contributed by atoms with Crippen LogP contribution in [0.1, 0.15) is 19.0 Å². The molecule has 1 aliphatic rings. The summed E-state index contributed by atoms with van der Waals surface area (Å²) >= 11 is 0. The number of aromatic nitrogens is 1. The van der Waals surface area contributed by atoms with Crippen LogP contribution < -0.4 is 5.32 Å². The summed E-state index contributed by atoms with van der Waals surface area (Å²) in [5.41, 5.74) is 0.752. The minimum Gasteiger partial charge on any atom is -0.336 e. The van der Waals surface area contributed by atoms with Gasteiger partial charge in [0.1, 0.15) is 0 Å². The number of amides is 1. The molecule has 21 heavy (non-hydrogen) atoms. The SMILES string of the molecule is CCN(Cc1ccccn1)C(=O)C1CC(F)(F)CN1.Cl.Cl. The molecule has 2 heterocycles. The molecule has 1 unspecified atom stereocenters. The van der Waals surface area contributed by atoms with Gasteiger partial charge in [-0.25, -0.2) is 8.78 Å². The van der Waals surface area contributed by atoms with Gasteiger partial charge in [0.2, 0.25) is 5.91 Å². The molecule has 120 valence electrons. The highest BCUT2D eigenvalue weighted by molar-refractivity contribution is 5.85. The van der Waals surface area contributed by atoms with Gasteiger partial charge in [-0.05, 0) is 19.1 Å². The van der Waals surface area contributed by atoms with Crippen molar-refractivity contribution < 1.29 is 13.6 Å². The zero-order valence-corrected chi connectivity index (χ0v) is 13.2. The first-order chi connectivity index (χ1) is 9.02. The normalized spacial score (nSPS) is 19.3. The summed E-state index contributed by atoms with van der Waals surface area (Å²) in [6, 6.07) is 4.65. The van der Waals surface area contributed by atoms with E-state index in [0.717, 1.165) is 5.69 Å². The lowest BCUT2D eigenvalue weighted by molar-refractivity contribution is -0.134. The molecule has 0 bridgehead atoms. The number of carbonyl (C=O) groups is 1. The molecule has 1 saturated heterocycles. The number of alkyl halides is 2. The van der Waals surface area contributed by atoms with Crippen LogP contribution in [0.3, 0.4) is 0 Å². The van der Waals surface area contributed by atoms with Gasteiger partial charge in [0.05, 0.1) is 24.8 Å². The number of nitrogens with zero attached hydrogens (tertiary/aromatic N) is 2. The summed E-state index contributed by atoms with van der Waals surface area (Å²) in [5.74, 6) is -3.07. The van der Waals surface area contributed by atoms with Crippen molar-refractivity contribution in [1.29, 1.82) is 0 Å². The van der Waals surface area contributed by atoms with E-state index in [-0.39, 0.29) is 30.7 Å². The van der Waals surface area contributed by atoms with Gasteiger partial charge in [-0.2, -0.15) is 0 Å². The standard InChI is InChI=1S/C13H17F2N3O.2ClH/c1-2-18(8-10-5-3-4-6-16-10)12(19)11-7-13(14,15)9-17-11;;/h3-6,11,17H,2,7-9H2,1H3;2*1H. The van der Waals surface area contributed by atoms with Crippen LogP contribution in [0.2, 0.25) is 0 Å². The Bertz CT molecular complexity index is 448. The number of nitrogens with one attached hydrogen (secondary N) is 1. The van der Waals surface area contributed by atoms with Gasteiger partial charge >= 0.3 is 0 Å². The largest absolute Gasteiger partial charge is 0.336 e. The molecule has 0 aromatic carbocycles. The Morgan fingerprint density at radius 1 is 1.48 bits per heavy atom. The van der Waals surface area contributed by atoms with Crippen LogP contribution >= 0.6 is 24.8 Å². The maximum absolute atomic E-state index is 13.1. The predicted octanol–water partition coefficient (Wildman–Crippen LogP) is 2.27. The molecule has 0 aliphatic carbocycles. The van der Waals surface area contributed by atoms with Crippen LogP contribution in [0.15, 0.2) is 24.4 Å². The average Bonchev–Trinajstić information content (AvgIpc) is 2.77. The van der Waals surface area contributed by atoms with Crippen molar-refractivity contribution >= 4 is 30.7 Å². The van der Waals surface area contributed by atoms with Crippen molar-refractivity contribution in [3.8, 4) is 0 Å². The molecule has 0 radical (unpaired) electrons. The third kappa shape index (κ3) is 5.37. The van der Waals surface area contributed by atoms with E-state index in [1.165, 1.54) is 0 Å². The molecule has 1 N–H and O–H groups in total. The molecule has 1 aliphatic heterocycles. The summed E-state index contributed by atoms with van der Waals surface area (Å²) in [6.45, 7) is 2.22. The fraction of sp³-hybridized carbons (Fsp3) is 0.538. The number of carbonyl (C=O) groups excluding carboxylic acids is 1. The van der Waals surface area contributed by atoms with Crippen LogP contribution in [-0.2, 0) is 11.3 Å². The van der Waals surface area contributed by atoms with Crippen LogP contribution in [0.25, 0.3) is 0 Å². The van der Waals surface area contributed by atoms with Crippen molar-refractivity contribution in [2.75, 3.05) is 13.1 Å². The van der Waals surface area contributed by atoms with Crippen molar-refractivity contribution in [2.24, 2.45) is 0 Å². The molecule has 0 spiro atoms. The van der Waals surface area contributed by atoms with E-state index in [1.54, 1.807) is 17.2 Å². The Balaban J connectivity index is 0.00000200. The van der Waals surface area contributed by atoms with Crippen LogP contribution in [0, 0.1) is 0 Å². The van der Waals surface area contributed by atoms with Crippen molar-refractivity contribution in [3.05, 3.63) is 30.1 Å². The minimum absolute atomic E-state index is 0. The molecule has 2 rings (SSSR count). The molecule has 1 aromatic heterocycles. The quantitative estimate of drug-likeness (QED) is 0.913. The number of pyridine rings is 1. The minimum atomic E-state index is -2.79. The zero-order valence-electron chi connectivity index (χ0n) is 11.6. The molecule has 4 nitrogen and oxygen atoms in total. The van der Waals surface area contributed by atoms with Crippen molar-refractivity contribution in [2.45, 2.75) is 31.9 Å². The first kappa shape index (κ1) is 20.0. The van der Waals surface area contributed by atoms with Gasteiger partial charge in [0, 0.05) is 19.2 Å². The molecule has 1 amide bonds. The fourth-order valence-electron chi connectivity index (χ4n) is 2.14. The Kier molecular flexibility index (Phi) is 8.06. The first-order valence-corrected chi connectivity index (χ1v) is 6.32. The highest BCUT2D eigenvalue weighted by atomic mass is 35.5. The Morgan fingerprint density at radius 3 is 2.67 bits per heavy atom. The molecule has 1 fully saturated rings. The Hall–Kier alpha value is -0.980. The lowest BCUT2D eigenvalue weighted by Crippen LogP contribution is -2.43. The molecular weight excluding hydrogens is 323 g/mol. The number of rotatable bonds is 4. The summed E-state index contributed by atoms with van der Waals surface area (Å²) in [4.78, 5) is 17.9. The molecule has 8 heteroatoms. The van der Waals surface area contributed by atoms with Crippen molar-refractivity contribution in [3.63, 3.8) is 0 Å². The molecular formula is C13H19Cl2F2N3O. The van der Waals surface area contributed by atoms with E-state index in [0.29, 0.717) is 13.1 Å². The second-order valence-corrected chi connectivity index (χ2v) is 4.67. The zero-order chi connectivity index (χ0) is 13.9. The molecule has 0 saturated carbocycles. The summed E-state index contributed by atoms with van der Waals surface area (Å²) in [7, 11) is 0. The first-order valence-electron chi connectivity index (χ1n) is 6.32. The van der Waals surface area contributed by atoms with E-state index in [9.17, 15) is 13.6 Å². The Labute approximate surface area is 135 Å². The topological polar surface area (TPSA) is 45.2 Å². The summed E-state index contributed by atoms with van der Waals surface area (Å²) < 4.78 is 26.2. The van der Waals surface area contributed by atoms with Gasteiger partial charge < -0.3 is 4.90 Å². The lowest BCUT2D eigenvalue weighted by Gasteiger charge is -2.23. The summed E-state index contributed by atoms with van der Waals surface area (Å²) in [6.07, 6.45) is 1.22. The lowest BCUT2D eigenvalue weighted by atomic mass is 10.1. The second kappa shape index (κ2) is 8.46. The van der Waals surface area contributed by atoms with Gasteiger partial charge in [-0.3, -0.25) is 15.1 Å².